The Morgan fingerprint density at radius 3 is 2.48 bits per heavy atom. The summed E-state index contributed by atoms with van der Waals surface area (Å²) < 4.78 is 0. The highest BCUT2D eigenvalue weighted by Crippen LogP contribution is 2.24. The van der Waals surface area contributed by atoms with E-state index in [4.69, 9.17) is 0 Å². The minimum atomic E-state index is 0.289. The first-order chi connectivity index (χ1) is 13.3. The highest BCUT2D eigenvalue weighted by Gasteiger charge is 2.09. The predicted octanol–water partition coefficient (Wildman–Crippen LogP) is 6.15. The molecular formula is C25H21NS. The van der Waals surface area contributed by atoms with Crippen LogP contribution in [0.4, 0.5) is 0 Å². The summed E-state index contributed by atoms with van der Waals surface area (Å²) in [4.78, 5) is 1.31. The molecule has 0 fully saturated rings. The van der Waals surface area contributed by atoms with Crippen molar-refractivity contribution < 1.29 is 0 Å². The van der Waals surface area contributed by atoms with Crippen molar-refractivity contribution in [3.05, 3.63) is 106 Å². The lowest BCUT2D eigenvalue weighted by atomic mass is 10.00. The fourth-order valence-electron chi connectivity index (χ4n) is 3.20. The van der Waals surface area contributed by atoms with Gasteiger partial charge in [-0.25, -0.2) is 0 Å². The molecule has 1 nitrogen and oxygen atoms in total. The van der Waals surface area contributed by atoms with E-state index in [1.807, 2.05) is 30.3 Å². The monoisotopic (exact) mass is 367 g/mol. The van der Waals surface area contributed by atoms with Crippen molar-refractivity contribution in [2.24, 2.45) is 0 Å². The Morgan fingerprint density at radius 2 is 1.59 bits per heavy atom. The first-order valence-electron chi connectivity index (χ1n) is 9.15. The van der Waals surface area contributed by atoms with Crippen molar-refractivity contribution >= 4 is 22.1 Å². The third-order valence-electron chi connectivity index (χ3n) is 4.65. The molecule has 1 heterocycles. The molecule has 0 saturated carbocycles. The molecule has 4 aromatic rings. The summed E-state index contributed by atoms with van der Waals surface area (Å²) in [6.45, 7) is 3.08. The minimum absolute atomic E-state index is 0.289. The second-order valence-electron chi connectivity index (χ2n) is 6.59. The molecule has 1 N–H and O–H groups in total. The zero-order valence-electron chi connectivity index (χ0n) is 15.3. The molecule has 0 bridgehead atoms. The van der Waals surface area contributed by atoms with Crippen molar-refractivity contribution in [2.45, 2.75) is 19.5 Å². The normalized spacial score (nSPS) is 11.7. The number of benzene rings is 3. The van der Waals surface area contributed by atoms with Crippen LogP contribution in [0.5, 0.6) is 0 Å². The number of fused-ring (bicyclic) bond motifs is 1. The lowest BCUT2D eigenvalue weighted by molar-refractivity contribution is 0.582. The first kappa shape index (κ1) is 17.5. The molecule has 3 aromatic carbocycles. The number of nitrogens with one attached hydrogen (secondary N) is 1. The number of hydrogen-bond donors (Lipinski definition) is 1. The molecule has 4 rings (SSSR count). The fraction of sp³-hybridized carbons (Fsp3) is 0.120. The van der Waals surface area contributed by atoms with E-state index in [2.05, 4.69) is 78.0 Å². The maximum Gasteiger partial charge on any atom is 0.0359 e. The van der Waals surface area contributed by atoms with Crippen molar-refractivity contribution in [2.75, 3.05) is 0 Å². The SMILES string of the molecule is C[C@@H](NCc1cc(C#Cc2ccccc2)cs1)c1cccc2ccccc12. The predicted molar refractivity (Wildman–Crippen MR) is 116 cm³/mol. The highest BCUT2D eigenvalue weighted by atomic mass is 32.1. The van der Waals surface area contributed by atoms with E-state index in [0.29, 0.717) is 0 Å². The summed E-state index contributed by atoms with van der Waals surface area (Å²) in [6.07, 6.45) is 0. The Balaban J connectivity index is 1.43. The molecule has 2 heteroatoms. The molecule has 0 aliphatic rings. The summed E-state index contributed by atoms with van der Waals surface area (Å²) >= 11 is 1.76. The second-order valence-corrected chi connectivity index (χ2v) is 7.58. The Bertz CT molecular complexity index is 1090. The van der Waals surface area contributed by atoms with Crippen LogP contribution in [0.3, 0.4) is 0 Å². The summed E-state index contributed by atoms with van der Waals surface area (Å²) in [7, 11) is 0. The molecule has 0 aliphatic heterocycles. The first-order valence-corrected chi connectivity index (χ1v) is 10.0. The largest absolute Gasteiger partial charge is 0.305 e. The molecule has 27 heavy (non-hydrogen) atoms. The fourth-order valence-corrected chi connectivity index (χ4v) is 3.96. The van der Waals surface area contributed by atoms with Gasteiger partial charge in [0, 0.05) is 34.0 Å². The van der Waals surface area contributed by atoms with Crippen LogP contribution < -0.4 is 5.32 Å². The number of hydrogen-bond acceptors (Lipinski definition) is 2. The van der Waals surface area contributed by atoms with Crippen LogP contribution in [0.15, 0.2) is 84.2 Å². The number of thiophene rings is 1. The zero-order chi connectivity index (χ0) is 18.5. The molecule has 0 radical (unpaired) electrons. The molecule has 0 amide bonds. The van der Waals surface area contributed by atoms with Crippen LogP contribution in [0, 0.1) is 11.8 Å². The van der Waals surface area contributed by atoms with Gasteiger partial charge in [0.25, 0.3) is 0 Å². The topological polar surface area (TPSA) is 12.0 Å². The Hall–Kier alpha value is -2.86. The molecule has 1 atom stereocenters. The molecule has 0 saturated heterocycles. The van der Waals surface area contributed by atoms with Gasteiger partial charge in [-0.3, -0.25) is 0 Å². The lowest BCUT2D eigenvalue weighted by Gasteiger charge is -2.16. The molecule has 1 aromatic heterocycles. The molecule has 0 unspecified atom stereocenters. The van der Waals surface area contributed by atoms with Gasteiger partial charge in [-0.05, 0) is 41.5 Å². The third-order valence-corrected chi connectivity index (χ3v) is 5.59. The van der Waals surface area contributed by atoms with Crippen LogP contribution in [0.2, 0.25) is 0 Å². The van der Waals surface area contributed by atoms with Gasteiger partial charge in [-0.2, -0.15) is 0 Å². The average Bonchev–Trinajstić information content (AvgIpc) is 3.19. The van der Waals surface area contributed by atoms with Gasteiger partial charge in [0.1, 0.15) is 0 Å². The third kappa shape index (κ3) is 4.28. The molecular weight excluding hydrogens is 346 g/mol. The maximum atomic E-state index is 3.66. The Morgan fingerprint density at radius 1 is 0.852 bits per heavy atom. The van der Waals surface area contributed by atoms with Gasteiger partial charge in [0.05, 0.1) is 0 Å². The van der Waals surface area contributed by atoms with E-state index >= 15 is 0 Å². The van der Waals surface area contributed by atoms with E-state index in [-0.39, 0.29) is 6.04 Å². The van der Waals surface area contributed by atoms with Crippen molar-refractivity contribution in [1.29, 1.82) is 0 Å². The summed E-state index contributed by atoms with van der Waals surface area (Å²) in [5, 5.41) is 8.40. The van der Waals surface area contributed by atoms with Crippen LogP contribution in [-0.2, 0) is 6.54 Å². The van der Waals surface area contributed by atoms with Crippen molar-refractivity contribution in [3.8, 4) is 11.8 Å². The van der Waals surface area contributed by atoms with E-state index < -0.39 is 0 Å². The van der Waals surface area contributed by atoms with Crippen LogP contribution in [-0.4, -0.2) is 0 Å². The van der Waals surface area contributed by atoms with Gasteiger partial charge in [-0.1, -0.05) is 72.5 Å². The van der Waals surface area contributed by atoms with Crippen LogP contribution >= 0.6 is 11.3 Å². The van der Waals surface area contributed by atoms with Gasteiger partial charge in [-0.15, -0.1) is 11.3 Å². The van der Waals surface area contributed by atoms with Crippen molar-refractivity contribution in [1.82, 2.24) is 5.32 Å². The summed E-state index contributed by atoms with van der Waals surface area (Å²) in [5.41, 5.74) is 3.47. The summed E-state index contributed by atoms with van der Waals surface area (Å²) in [5.74, 6) is 6.48. The molecule has 0 aliphatic carbocycles. The quantitative estimate of drug-likeness (QED) is 0.426. The lowest BCUT2D eigenvalue weighted by Crippen LogP contribution is -2.17. The van der Waals surface area contributed by atoms with Crippen LogP contribution in [0.25, 0.3) is 10.8 Å². The van der Waals surface area contributed by atoms with Gasteiger partial charge in [0.2, 0.25) is 0 Å². The Labute approximate surface area is 164 Å². The van der Waals surface area contributed by atoms with Crippen LogP contribution in [0.1, 0.15) is 34.5 Å². The van der Waals surface area contributed by atoms with E-state index in [1.54, 1.807) is 11.3 Å². The average molecular weight is 368 g/mol. The highest BCUT2D eigenvalue weighted by molar-refractivity contribution is 7.10. The van der Waals surface area contributed by atoms with E-state index in [1.165, 1.54) is 21.2 Å². The number of rotatable bonds is 4. The standard InChI is InChI=1S/C25H21NS/c1-19(24-13-7-11-22-10-5-6-12-25(22)24)26-17-23-16-21(18-27-23)15-14-20-8-3-2-4-9-20/h2-13,16,18-19,26H,17H2,1H3/t19-/m1/s1. The Kier molecular flexibility index (Phi) is 5.34. The van der Waals surface area contributed by atoms with Gasteiger partial charge < -0.3 is 5.32 Å². The van der Waals surface area contributed by atoms with Gasteiger partial charge >= 0.3 is 0 Å². The molecule has 132 valence electrons. The van der Waals surface area contributed by atoms with E-state index in [9.17, 15) is 0 Å². The zero-order valence-corrected chi connectivity index (χ0v) is 16.1. The van der Waals surface area contributed by atoms with Crippen molar-refractivity contribution in [3.63, 3.8) is 0 Å². The summed E-state index contributed by atoms with van der Waals surface area (Å²) in [6, 6.07) is 27.7. The second kappa shape index (κ2) is 8.22. The maximum absolute atomic E-state index is 3.66. The van der Waals surface area contributed by atoms with E-state index in [0.717, 1.165) is 17.7 Å². The smallest absolute Gasteiger partial charge is 0.0359 e. The minimum Gasteiger partial charge on any atom is -0.305 e. The van der Waals surface area contributed by atoms with Gasteiger partial charge in [0.15, 0.2) is 0 Å². The molecule has 0 spiro atoms.